The summed E-state index contributed by atoms with van der Waals surface area (Å²) >= 11 is 0. The number of hydrogen-bond acceptors (Lipinski definition) is 5. The van der Waals surface area contributed by atoms with E-state index in [9.17, 15) is 9.90 Å². The second-order valence-corrected chi connectivity index (χ2v) is 7.08. The quantitative estimate of drug-likeness (QED) is 0.852. The van der Waals surface area contributed by atoms with Crippen LogP contribution in [0.15, 0.2) is 12.7 Å². The van der Waals surface area contributed by atoms with E-state index in [4.69, 9.17) is 0 Å². The van der Waals surface area contributed by atoms with E-state index in [-0.39, 0.29) is 5.91 Å². The summed E-state index contributed by atoms with van der Waals surface area (Å²) in [7, 11) is 0. The van der Waals surface area contributed by atoms with Crippen LogP contribution < -0.4 is 0 Å². The van der Waals surface area contributed by atoms with Gasteiger partial charge in [-0.05, 0) is 46.2 Å². The van der Waals surface area contributed by atoms with Gasteiger partial charge in [0.05, 0.1) is 12.1 Å². The molecule has 1 aromatic heterocycles. The van der Waals surface area contributed by atoms with E-state index < -0.39 is 11.1 Å². The maximum Gasteiger partial charge on any atom is 0.250 e. The largest absolute Gasteiger partial charge is 0.387 e. The van der Waals surface area contributed by atoms with Gasteiger partial charge in [-0.15, -0.1) is 0 Å². The summed E-state index contributed by atoms with van der Waals surface area (Å²) in [6.45, 7) is 7.45. The molecule has 1 unspecified atom stereocenters. The topological polar surface area (TPSA) is 74.5 Å². The molecule has 0 bridgehead atoms. The number of aliphatic hydroxyl groups is 1. The van der Waals surface area contributed by atoms with E-state index in [0.717, 1.165) is 13.1 Å². The zero-order chi connectivity index (χ0) is 15.8. The van der Waals surface area contributed by atoms with Gasteiger partial charge in [0, 0.05) is 13.1 Å². The molecular formula is C15H25N5O2. The lowest BCUT2D eigenvalue weighted by atomic mass is 10.0. The Morgan fingerprint density at radius 2 is 2.05 bits per heavy atom. The molecule has 1 aromatic rings. The Morgan fingerprint density at radius 3 is 2.68 bits per heavy atom. The highest BCUT2D eigenvalue weighted by molar-refractivity contribution is 5.84. The summed E-state index contributed by atoms with van der Waals surface area (Å²) in [5, 5.41) is 14.9. The highest BCUT2D eigenvalue weighted by Gasteiger charge is 2.44. The van der Waals surface area contributed by atoms with Crippen LogP contribution in [0.3, 0.4) is 0 Å². The third kappa shape index (κ3) is 2.87. The summed E-state index contributed by atoms with van der Waals surface area (Å²) in [6, 6.07) is 0. The molecule has 7 nitrogen and oxygen atoms in total. The van der Waals surface area contributed by atoms with Crippen LogP contribution >= 0.6 is 0 Å². The van der Waals surface area contributed by atoms with Crippen molar-refractivity contribution in [2.75, 3.05) is 32.7 Å². The third-order valence-electron chi connectivity index (χ3n) is 4.85. The van der Waals surface area contributed by atoms with E-state index in [0.29, 0.717) is 26.1 Å². The van der Waals surface area contributed by atoms with Gasteiger partial charge in [-0.25, -0.2) is 9.67 Å². The maximum absolute atomic E-state index is 12.8. The fourth-order valence-corrected chi connectivity index (χ4v) is 3.50. The third-order valence-corrected chi connectivity index (χ3v) is 4.85. The summed E-state index contributed by atoms with van der Waals surface area (Å²) in [5.41, 5.74) is -1.56. The van der Waals surface area contributed by atoms with Crippen molar-refractivity contribution in [1.82, 2.24) is 24.6 Å². The maximum atomic E-state index is 12.8. The second-order valence-electron chi connectivity index (χ2n) is 7.08. The highest BCUT2D eigenvalue weighted by Crippen LogP contribution is 2.27. The fourth-order valence-electron chi connectivity index (χ4n) is 3.50. The van der Waals surface area contributed by atoms with Crippen molar-refractivity contribution in [1.29, 1.82) is 0 Å². The van der Waals surface area contributed by atoms with Crippen molar-refractivity contribution < 1.29 is 9.90 Å². The van der Waals surface area contributed by atoms with Gasteiger partial charge in [-0.2, -0.15) is 5.10 Å². The first-order chi connectivity index (χ1) is 10.4. The van der Waals surface area contributed by atoms with Crippen LogP contribution in [0, 0.1) is 0 Å². The number of likely N-dealkylation sites (tertiary alicyclic amines) is 2. The molecule has 0 saturated carbocycles. The molecule has 2 aliphatic heterocycles. The van der Waals surface area contributed by atoms with Crippen molar-refractivity contribution in [3.63, 3.8) is 0 Å². The number of nitrogens with zero attached hydrogens (tertiary/aromatic N) is 5. The Balaban J connectivity index is 1.65. The van der Waals surface area contributed by atoms with Crippen LogP contribution in [-0.2, 0) is 10.3 Å². The van der Waals surface area contributed by atoms with Gasteiger partial charge in [0.15, 0.2) is 0 Å². The Hall–Kier alpha value is -1.47. The number of aromatic nitrogens is 3. The molecule has 7 heteroatoms. The summed E-state index contributed by atoms with van der Waals surface area (Å²) in [6.07, 6.45) is 6.05. The van der Waals surface area contributed by atoms with E-state index in [1.165, 1.54) is 19.2 Å². The molecule has 0 aromatic carbocycles. The van der Waals surface area contributed by atoms with E-state index >= 15 is 0 Å². The van der Waals surface area contributed by atoms with Crippen molar-refractivity contribution in [3.8, 4) is 0 Å². The molecule has 2 aliphatic rings. The molecular weight excluding hydrogens is 282 g/mol. The average Bonchev–Trinajstić information content (AvgIpc) is 3.19. The lowest BCUT2D eigenvalue weighted by Gasteiger charge is -2.31. The normalized spacial score (nSPS) is 26.8. The first-order valence-electron chi connectivity index (χ1n) is 8.00. The molecule has 1 atom stereocenters. The smallest absolute Gasteiger partial charge is 0.250 e. The molecule has 2 saturated heterocycles. The molecule has 3 rings (SSSR count). The van der Waals surface area contributed by atoms with Gasteiger partial charge in [-0.1, -0.05) is 0 Å². The Morgan fingerprint density at radius 1 is 1.32 bits per heavy atom. The lowest BCUT2D eigenvalue weighted by molar-refractivity contribution is -0.139. The summed E-state index contributed by atoms with van der Waals surface area (Å²) in [4.78, 5) is 20.8. The van der Waals surface area contributed by atoms with Gasteiger partial charge in [0.1, 0.15) is 18.2 Å². The zero-order valence-electron chi connectivity index (χ0n) is 13.4. The Kier molecular flexibility index (Phi) is 3.94. The Bertz CT molecular complexity index is 524. The molecule has 0 aliphatic carbocycles. The number of β-amino-alcohol motifs (C(OH)–C–C–N with tert-alkyl or cyclic N) is 1. The van der Waals surface area contributed by atoms with Crippen LogP contribution in [0.5, 0.6) is 0 Å². The predicted molar refractivity (Wildman–Crippen MR) is 81.2 cm³/mol. The van der Waals surface area contributed by atoms with Crippen molar-refractivity contribution >= 4 is 5.91 Å². The first-order valence-corrected chi connectivity index (χ1v) is 8.00. The standard InChI is InChI=1S/C15H25N5O2/c1-14(2,20-12-16-11-17-20)13(21)19-8-5-15(22,10-19)9-18-6-3-4-7-18/h11-12,22H,3-10H2,1-2H3. The van der Waals surface area contributed by atoms with Crippen molar-refractivity contribution in [2.24, 2.45) is 0 Å². The van der Waals surface area contributed by atoms with Crippen LogP contribution in [0.2, 0.25) is 0 Å². The minimum Gasteiger partial charge on any atom is -0.387 e. The molecule has 22 heavy (non-hydrogen) atoms. The Labute approximate surface area is 130 Å². The molecule has 1 N–H and O–H groups in total. The number of amides is 1. The van der Waals surface area contributed by atoms with Gasteiger partial charge >= 0.3 is 0 Å². The number of hydrogen-bond donors (Lipinski definition) is 1. The minimum absolute atomic E-state index is 0.0182. The van der Waals surface area contributed by atoms with Crippen molar-refractivity contribution in [3.05, 3.63) is 12.7 Å². The predicted octanol–water partition coefficient (Wildman–Crippen LogP) is 0.0724. The van der Waals surface area contributed by atoms with Crippen LogP contribution in [-0.4, -0.2) is 73.9 Å². The summed E-state index contributed by atoms with van der Waals surface area (Å²) < 4.78 is 1.58. The van der Waals surface area contributed by atoms with Crippen molar-refractivity contribution in [2.45, 2.75) is 44.2 Å². The fraction of sp³-hybridized carbons (Fsp3) is 0.800. The number of carbonyl (C=O) groups is 1. The average molecular weight is 307 g/mol. The highest BCUT2D eigenvalue weighted by atomic mass is 16.3. The number of rotatable bonds is 4. The molecule has 1 amide bonds. The molecule has 0 spiro atoms. The van der Waals surface area contributed by atoms with Gasteiger partial charge in [0.2, 0.25) is 5.91 Å². The zero-order valence-corrected chi connectivity index (χ0v) is 13.4. The van der Waals surface area contributed by atoms with Gasteiger partial charge < -0.3 is 14.9 Å². The molecule has 122 valence electrons. The van der Waals surface area contributed by atoms with Gasteiger partial charge in [0.25, 0.3) is 0 Å². The molecule has 2 fully saturated rings. The van der Waals surface area contributed by atoms with E-state index in [2.05, 4.69) is 15.0 Å². The lowest BCUT2D eigenvalue weighted by Crippen LogP contribution is -2.49. The summed E-state index contributed by atoms with van der Waals surface area (Å²) in [5.74, 6) is -0.0182. The number of carbonyl (C=O) groups excluding carboxylic acids is 1. The monoisotopic (exact) mass is 307 g/mol. The van der Waals surface area contributed by atoms with E-state index in [1.54, 1.807) is 15.9 Å². The van der Waals surface area contributed by atoms with Crippen LogP contribution in [0.1, 0.15) is 33.1 Å². The first kappa shape index (κ1) is 15.4. The van der Waals surface area contributed by atoms with Crippen LogP contribution in [0.25, 0.3) is 0 Å². The van der Waals surface area contributed by atoms with E-state index in [1.807, 2.05) is 13.8 Å². The SMILES string of the molecule is CC(C)(C(=O)N1CCC(O)(CN2CCCC2)C1)n1cncn1. The molecule has 3 heterocycles. The second kappa shape index (κ2) is 5.62. The minimum atomic E-state index is -0.782. The van der Waals surface area contributed by atoms with Crippen LogP contribution in [0.4, 0.5) is 0 Å². The van der Waals surface area contributed by atoms with Gasteiger partial charge in [-0.3, -0.25) is 4.79 Å². The molecule has 0 radical (unpaired) electrons.